The van der Waals surface area contributed by atoms with Crippen molar-refractivity contribution in [3.63, 3.8) is 0 Å². The Balaban J connectivity index is 0.00000169. The molecule has 3 rings (SSSR count). The number of nitrogens with one attached hydrogen (secondary N) is 1. The van der Waals surface area contributed by atoms with Crippen molar-refractivity contribution in [2.24, 2.45) is 0 Å². The Morgan fingerprint density at radius 1 is 1.15 bits per heavy atom. The van der Waals surface area contributed by atoms with Crippen LogP contribution in [-0.2, 0) is 6.54 Å². The summed E-state index contributed by atoms with van der Waals surface area (Å²) in [7, 11) is 4.27. The molecule has 0 atom stereocenters. The number of hydrogen-bond donors (Lipinski definition) is 2. The molecule has 0 radical (unpaired) electrons. The van der Waals surface area contributed by atoms with Gasteiger partial charge in [-0.3, -0.25) is 5.32 Å². The van der Waals surface area contributed by atoms with E-state index in [1.807, 2.05) is 23.0 Å². The van der Waals surface area contributed by atoms with Gasteiger partial charge in [-0.05, 0) is 17.7 Å². The normalized spacial score (nSPS) is 10.7. The highest BCUT2D eigenvalue weighted by molar-refractivity contribution is 6.35. The number of rotatable bonds is 6. The van der Waals surface area contributed by atoms with Gasteiger partial charge in [-0.1, -0.05) is 29.3 Å². The first kappa shape index (κ1) is 22.9. The molecule has 0 saturated heterocycles. The second-order valence-electron chi connectivity index (χ2n) is 5.98. The van der Waals surface area contributed by atoms with E-state index in [0.717, 1.165) is 35.5 Å². The number of quaternary nitrogens is 2. The summed E-state index contributed by atoms with van der Waals surface area (Å²) in [5, 5.41) is 8.79. The molecule has 0 fully saturated rings. The fourth-order valence-electron chi connectivity index (χ4n) is 2.50. The Hall–Kier alpha value is -1.15. The monoisotopic (exact) mass is 436 g/mol. The third kappa shape index (κ3) is 5.42. The zero-order valence-corrected chi connectivity index (χ0v) is 17.4. The quantitative estimate of drug-likeness (QED) is 0.404. The van der Waals surface area contributed by atoms with Crippen LogP contribution in [0.15, 0.2) is 30.7 Å². The van der Waals surface area contributed by atoms with Crippen molar-refractivity contribution in [2.45, 2.75) is 6.54 Å². The van der Waals surface area contributed by atoms with Crippen LogP contribution in [-0.4, -0.2) is 46.9 Å². The Kier molecular flexibility index (Phi) is 9.03. The number of hydrogen-bond acceptors (Lipinski definition) is 3. The highest BCUT2D eigenvalue weighted by Gasteiger charge is 2.14. The van der Waals surface area contributed by atoms with Crippen LogP contribution in [0, 0.1) is 0 Å². The van der Waals surface area contributed by atoms with E-state index in [-0.39, 0.29) is 24.8 Å². The van der Waals surface area contributed by atoms with Crippen molar-refractivity contribution in [1.29, 1.82) is 0 Å². The summed E-state index contributed by atoms with van der Waals surface area (Å²) >= 11 is 12.2. The second-order valence-corrected chi connectivity index (χ2v) is 6.83. The molecular weight excluding hydrogens is 418 g/mol. The van der Waals surface area contributed by atoms with Gasteiger partial charge in [0.15, 0.2) is 5.65 Å². The van der Waals surface area contributed by atoms with E-state index in [4.69, 9.17) is 23.2 Å². The Morgan fingerprint density at radius 2 is 1.92 bits per heavy atom. The van der Waals surface area contributed by atoms with Gasteiger partial charge >= 0.3 is 0 Å². The van der Waals surface area contributed by atoms with Gasteiger partial charge in [0.2, 0.25) is 5.82 Å². The van der Waals surface area contributed by atoms with E-state index in [9.17, 15) is 0 Å². The van der Waals surface area contributed by atoms with Crippen LogP contribution in [0.1, 0.15) is 5.56 Å². The zero-order valence-electron chi connectivity index (χ0n) is 14.4. The second kappa shape index (κ2) is 10.3. The summed E-state index contributed by atoms with van der Waals surface area (Å²) in [6, 6.07) is 5.47. The van der Waals surface area contributed by atoms with Gasteiger partial charge in [0, 0.05) is 10.0 Å². The average Bonchev–Trinajstić information content (AvgIpc) is 2.94. The molecule has 0 spiro atoms. The maximum Gasteiger partial charge on any atom is 0.238 e. The first-order valence-corrected chi connectivity index (χ1v) is 8.53. The summed E-state index contributed by atoms with van der Waals surface area (Å²) in [5.74, 6) is 0.926. The van der Waals surface area contributed by atoms with Crippen molar-refractivity contribution in [3.05, 3.63) is 46.3 Å². The van der Waals surface area contributed by atoms with E-state index in [0.29, 0.717) is 16.6 Å². The van der Waals surface area contributed by atoms with E-state index in [1.165, 1.54) is 4.90 Å². The molecule has 0 bridgehead atoms. The van der Waals surface area contributed by atoms with Gasteiger partial charge in [0.05, 0.1) is 26.8 Å². The summed E-state index contributed by atoms with van der Waals surface area (Å²) in [6.07, 6.45) is 3.39. The lowest BCUT2D eigenvalue weighted by Gasteiger charge is -2.07. The highest BCUT2D eigenvalue weighted by atomic mass is 35.5. The molecule has 0 aliphatic heterocycles. The van der Waals surface area contributed by atoms with Gasteiger partial charge < -0.3 is 29.7 Å². The van der Waals surface area contributed by atoms with Crippen LogP contribution in [0.2, 0.25) is 10.0 Å². The number of halogens is 4. The van der Waals surface area contributed by atoms with Gasteiger partial charge in [0.25, 0.3) is 0 Å². The third-order valence-corrected chi connectivity index (χ3v) is 4.37. The molecule has 10 heteroatoms. The fourth-order valence-corrected chi connectivity index (χ4v) is 2.97. The molecule has 142 valence electrons. The summed E-state index contributed by atoms with van der Waals surface area (Å²) in [6.45, 7) is 2.56. The van der Waals surface area contributed by atoms with Gasteiger partial charge in [-0.2, -0.15) is 10.1 Å². The first-order valence-electron chi connectivity index (χ1n) is 7.77. The predicted molar refractivity (Wildman–Crippen MR) is 95.0 cm³/mol. The lowest BCUT2D eigenvalue weighted by Crippen LogP contribution is -3.08. The molecule has 1 aromatic carbocycles. The Morgan fingerprint density at radius 3 is 2.62 bits per heavy atom. The minimum atomic E-state index is 0. The molecule has 0 aliphatic carbocycles. The molecule has 6 nitrogen and oxygen atoms in total. The topological polar surface area (TPSA) is 64.7 Å². The van der Waals surface area contributed by atoms with Gasteiger partial charge in [-0.15, -0.1) is 0 Å². The van der Waals surface area contributed by atoms with E-state index in [2.05, 4.69) is 34.5 Å². The van der Waals surface area contributed by atoms with Gasteiger partial charge in [0.1, 0.15) is 24.8 Å². The molecule has 3 aromatic rings. The molecule has 0 unspecified atom stereocenters. The molecule has 0 saturated carbocycles. The minimum Gasteiger partial charge on any atom is -1.00 e. The van der Waals surface area contributed by atoms with Crippen LogP contribution in [0.4, 0.5) is 5.82 Å². The number of likely N-dealkylation sites (N-methyl/N-ethyl adjacent to an activating group) is 1. The molecule has 26 heavy (non-hydrogen) atoms. The molecule has 2 aromatic heterocycles. The van der Waals surface area contributed by atoms with Crippen LogP contribution < -0.4 is 35.0 Å². The summed E-state index contributed by atoms with van der Waals surface area (Å²) in [4.78, 5) is 10.2. The number of aromatic nitrogens is 4. The molecule has 3 N–H and O–H groups in total. The molecular formula is C16H20Cl4N6. The zero-order chi connectivity index (χ0) is 17.1. The number of nitrogens with two attached hydrogens (primary N) is 1. The van der Waals surface area contributed by atoms with Crippen LogP contribution in [0.3, 0.4) is 0 Å². The number of benzene rings is 1. The highest BCUT2D eigenvalue weighted by Crippen LogP contribution is 2.23. The van der Waals surface area contributed by atoms with Crippen molar-refractivity contribution in [2.75, 3.05) is 27.2 Å². The largest absolute Gasteiger partial charge is 1.00 e. The molecule has 2 heterocycles. The fraction of sp³-hybridized carbons (Fsp3) is 0.312. The van der Waals surface area contributed by atoms with Crippen LogP contribution in [0.25, 0.3) is 11.0 Å². The number of nitrogens with zero attached hydrogens (tertiary/aromatic N) is 4. The van der Waals surface area contributed by atoms with E-state index in [1.54, 1.807) is 12.4 Å². The smallest absolute Gasteiger partial charge is 0.238 e. The lowest BCUT2D eigenvalue weighted by atomic mass is 10.2. The van der Waals surface area contributed by atoms with Crippen molar-refractivity contribution in [1.82, 2.24) is 19.7 Å². The number of fused-ring (bicyclic) bond motifs is 1. The summed E-state index contributed by atoms with van der Waals surface area (Å²) < 4.78 is 1.83. The molecule has 0 aliphatic rings. The first-order chi connectivity index (χ1) is 11.5. The Bertz CT molecular complexity index is 852. The SMILES string of the molecule is C[NH+](C)CC[NH2+]c1ncnc2c1cnn2Cc1ccc(Cl)cc1Cl.[Cl-].[Cl-]. The maximum atomic E-state index is 6.26. The third-order valence-electron chi connectivity index (χ3n) is 3.78. The lowest BCUT2D eigenvalue weighted by molar-refractivity contribution is -0.870. The standard InChI is InChI=1S/C16H18Cl2N6.2ClH/c1-23(2)6-5-19-15-13-8-22-24(16(13)21-10-20-15)9-11-3-4-12(17)7-14(11)18;;/h3-4,7-8,10H,5-6,9H2,1-2H3,(H,19,20,21);2*1H. The minimum absolute atomic E-state index is 0. The van der Waals surface area contributed by atoms with Crippen LogP contribution >= 0.6 is 23.2 Å². The van der Waals surface area contributed by atoms with E-state index >= 15 is 0 Å². The summed E-state index contributed by atoms with van der Waals surface area (Å²) in [5.41, 5.74) is 1.76. The van der Waals surface area contributed by atoms with Crippen molar-refractivity contribution >= 4 is 40.1 Å². The van der Waals surface area contributed by atoms with Gasteiger partial charge in [-0.25, -0.2) is 9.67 Å². The van der Waals surface area contributed by atoms with Crippen molar-refractivity contribution < 1.29 is 35.0 Å². The van der Waals surface area contributed by atoms with E-state index < -0.39 is 0 Å². The maximum absolute atomic E-state index is 6.26. The average molecular weight is 438 g/mol. The van der Waals surface area contributed by atoms with Crippen molar-refractivity contribution in [3.8, 4) is 0 Å². The predicted octanol–water partition coefficient (Wildman–Crippen LogP) is -5.47. The molecule has 0 amide bonds. The Labute approximate surface area is 174 Å². The van der Waals surface area contributed by atoms with Crippen LogP contribution in [0.5, 0.6) is 0 Å².